The molecule has 0 amide bonds. The van der Waals surface area contributed by atoms with Crippen molar-refractivity contribution in [1.29, 1.82) is 0 Å². The minimum absolute atomic E-state index is 0.0484. The third kappa shape index (κ3) is 7.72. The van der Waals surface area contributed by atoms with Gasteiger partial charge in [0, 0.05) is 17.2 Å². The van der Waals surface area contributed by atoms with Crippen LogP contribution in [0.1, 0.15) is 49.5 Å². The first-order valence-corrected chi connectivity index (χ1v) is 11.7. The van der Waals surface area contributed by atoms with Gasteiger partial charge < -0.3 is 15.2 Å². The largest absolute Gasteiger partial charge is 0.491 e. The van der Waals surface area contributed by atoms with E-state index in [1.807, 2.05) is 43.4 Å². The van der Waals surface area contributed by atoms with Crippen LogP contribution in [0.5, 0.6) is 5.75 Å². The Morgan fingerprint density at radius 2 is 1.97 bits per heavy atom. The number of allylic oxidation sites excluding steroid dienone is 2. The minimum Gasteiger partial charge on any atom is -0.491 e. The summed E-state index contributed by atoms with van der Waals surface area (Å²) < 4.78 is 21.3. The van der Waals surface area contributed by atoms with Gasteiger partial charge in [-0.1, -0.05) is 50.6 Å². The summed E-state index contributed by atoms with van der Waals surface area (Å²) in [6.07, 6.45) is 7.97. The summed E-state index contributed by atoms with van der Waals surface area (Å²) in [5.41, 5.74) is 9.06. The number of hydrogen-bond acceptors (Lipinski definition) is 4. The molecule has 0 fully saturated rings. The molecule has 3 N–H and O–H groups in total. The van der Waals surface area contributed by atoms with Gasteiger partial charge in [-0.2, -0.15) is 0 Å². The molecule has 2 aromatic carbocycles. The quantitative estimate of drug-likeness (QED) is 0.449. The summed E-state index contributed by atoms with van der Waals surface area (Å²) in [4.78, 5) is 12.1. The first-order chi connectivity index (χ1) is 14.8. The van der Waals surface area contributed by atoms with E-state index in [-0.39, 0.29) is 11.7 Å². The highest BCUT2D eigenvalue weighted by atomic mass is 32.2. The van der Waals surface area contributed by atoms with Crippen molar-refractivity contribution in [3.8, 4) is 5.75 Å². The molecule has 0 heterocycles. The molecular weight excluding hydrogens is 408 g/mol. The van der Waals surface area contributed by atoms with Gasteiger partial charge in [0.2, 0.25) is 0 Å². The molecule has 0 aromatic heterocycles. The second-order valence-corrected chi connectivity index (χ2v) is 8.74. The van der Waals surface area contributed by atoms with Crippen molar-refractivity contribution in [3.63, 3.8) is 0 Å². The van der Waals surface area contributed by atoms with E-state index >= 15 is 0 Å². The predicted octanol–water partition coefficient (Wildman–Crippen LogP) is 5.35. The van der Waals surface area contributed by atoms with E-state index < -0.39 is 11.0 Å². The molecule has 0 radical (unpaired) electrons. The SMILES string of the molecule is CC(=O)c1cccc(S(=O)NC2=CCC(COc3ccc(C)cc3N)C=C2)c1.CCC. The lowest BCUT2D eigenvalue weighted by Crippen LogP contribution is -2.19. The maximum absolute atomic E-state index is 12.5. The minimum atomic E-state index is -1.43. The highest BCUT2D eigenvalue weighted by Crippen LogP contribution is 2.24. The van der Waals surface area contributed by atoms with Crippen molar-refractivity contribution >= 4 is 22.5 Å². The number of ketones is 1. The zero-order valence-electron chi connectivity index (χ0n) is 18.7. The predicted molar refractivity (Wildman–Crippen MR) is 128 cm³/mol. The topological polar surface area (TPSA) is 81.4 Å². The Labute approximate surface area is 188 Å². The van der Waals surface area contributed by atoms with Gasteiger partial charge in [0.05, 0.1) is 17.2 Å². The average Bonchev–Trinajstić information content (AvgIpc) is 2.75. The molecule has 0 saturated carbocycles. The van der Waals surface area contributed by atoms with Crippen molar-refractivity contribution in [2.45, 2.75) is 45.4 Å². The van der Waals surface area contributed by atoms with Crippen molar-refractivity contribution in [2.24, 2.45) is 5.92 Å². The number of aryl methyl sites for hydroxylation is 1. The van der Waals surface area contributed by atoms with E-state index in [2.05, 4.69) is 18.6 Å². The van der Waals surface area contributed by atoms with Crippen molar-refractivity contribution in [3.05, 3.63) is 77.5 Å². The Balaban J connectivity index is 0.00000107. The second-order valence-electron chi connectivity index (χ2n) is 7.53. The van der Waals surface area contributed by atoms with Crippen LogP contribution in [0.25, 0.3) is 0 Å². The lowest BCUT2D eigenvalue weighted by atomic mass is 10.0. The van der Waals surface area contributed by atoms with Gasteiger partial charge in [-0.05, 0) is 56.2 Å². The van der Waals surface area contributed by atoms with Crippen LogP contribution in [-0.2, 0) is 11.0 Å². The monoisotopic (exact) mass is 440 g/mol. The fraction of sp³-hybridized carbons (Fsp3) is 0.320. The molecular formula is C25H32N2O3S. The molecule has 5 nitrogen and oxygen atoms in total. The Morgan fingerprint density at radius 1 is 1.23 bits per heavy atom. The lowest BCUT2D eigenvalue weighted by molar-refractivity contribution is 0.101. The maximum Gasteiger partial charge on any atom is 0.159 e. The molecule has 31 heavy (non-hydrogen) atoms. The average molecular weight is 441 g/mol. The molecule has 0 aliphatic heterocycles. The highest BCUT2D eigenvalue weighted by Gasteiger charge is 2.13. The molecule has 0 bridgehead atoms. The molecule has 3 rings (SSSR count). The van der Waals surface area contributed by atoms with Crippen LogP contribution in [0.3, 0.4) is 0 Å². The molecule has 2 atom stereocenters. The number of nitrogens with two attached hydrogens (primary N) is 1. The fourth-order valence-electron chi connectivity index (χ4n) is 2.86. The molecule has 0 saturated heterocycles. The zero-order chi connectivity index (χ0) is 22.8. The van der Waals surface area contributed by atoms with Gasteiger partial charge in [-0.15, -0.1) is 0 Å². The van der Waals surface area contributed by atoms with Crippen molar-refractivity contribution < 1.29 is 13.7 Å². The number of rotatable bonds is 7. The summed E-state index contributed by atoms with van der Waals surface area (Å²) >= 11 is 0. The smallest absolute Gasteiger partial charge is 0.159 e. The number of benzene rings is 2. The van der Waals surface area contributed by atoms with Gasteiger partial charge in [0.1, 0.15) is 16.7 Å². The first kappa shape index (κ1) is 24.4. The number of carbonyl (C=O) groups excluding carboxylic acids is 1. The molecule has 2 unspecified atom stereocenters. The summed E-state index contributed by atoms with van der Waals surface area (Å²) in [5.74, 6) is 0.867. The number of Topliss-reactive ketones (excluding diaryl/α,β-unsaturated/α-hetero) is 1. The normalized spacial score (nSPS) is 15.9. The van der Waals surface area contributed by atoms with Gasteiger partial charge in [0.15, 0.2) is 5.78 Å². The van der Waals surface area contributed by atoms with Gasteiger partial charge in [-0.3, -0.25) is 4.79 Å². The van der Waals surface area contributed by atoms with Crippen LogP contribution in [0.4, 0.5) is 5.69 Å². The number of nitrogens with one attached hydrogen (secondary N) is 1. The summed E-state index contributed by atoms with van der Waals surface area (Å²) in [6, 6.07) is 12.6. The molecule has 1 aliphatic carbocycles. The zero-order valence-corrected chi connectivity index (χ0v) is 19.5. The van der Waals surface area contributed by atoms with Crippen LogP contribution < -0.4 is 15.2 Å². The van der Waals surface area contributed by atoms with Crippen LogP contribution in [0.2, 0.25) is 0 Å². The lowest BCUT2D eigenvalue weighted by Gasteiger charge is -2.18. The van der Waals surface area contributed by atoms with Crippen LogP contribution in [-0.4, -0.2) is 16.6 Å². The van der Waals surface area contributed by atoms with E-state index in [4.69, 9.17) is 10.5 Å². The number of anilines is 1. The van der Waals surface area contributed by atoms with E-state index in [0.29, 0.717) is 28.5 Å². The Bertz CT molecular complexity index is 982. The van der Waals surface area contributed by atoms with E-state index in [1.165, 1.54) is 13.3 Å². The summed E-state index contributed by atoms with van der Waals surface area (Å²) in [5, 5.41) is 0. The molecule has 1 aliphatic rings. The van der Waals surface area contributed by atoms with E-state index in [9.17, 15) is 9.00 Å². The standard InChI is InChI=1S/C22H24N2O3S.C3H8/c1-15-6-11-22(21(23)12-15)27-14-17-7-9-19(10-8-17)24-28(26)20-5-3-4-18(13-20)16(2)25;1-3-2/h3-7,9-13,17,24H,8,14,23H2,1-2H3;3H2,1-2H3. The molecule has 2 aromatic rings. The Hall–Kier alpha value is -2.86. The number of nitrogen functional groups attached to an aromatic ring is 1. The molecule has 6 heteroatoms. The molecule has 166 valence electrons. The van der Waals surface area contributed by atoms with E-state index in [0.717, 1.165) is 17.7 Å². The fourth-order valence-corrected chi connectivity index (χ4v) is 3.78. The first-order valence-electron chi connectivity index (χ1n) is 10.5. The van der Waals surface area contributed by atoms with Gasteiger partial charge in [0.25, 0.3) is 0 Å². The number of hydrogen-bond donors (Lipinski definition) is 2. The van der Waals surface area contributed by atoms with Gasteiger partial charge >= 0.3 is 0 Å². The van der Waals surface area contributed by atoms with Crippen LogP contribution in [0, 0.1) is 12.8 Å². The van der Waals surface area contributed by atoms with E-state index in [1.54, 1.807) is 24.3 Å². The number of carbonyl (C=O) groups is 1. The third-order valence-corrected chi connectivity index (χ3v) is 5.58. The highest BCUT2D eigenvalue weighted by molar-refractivity contribution is 7.83. The summed E-state index contributed by atoms with van der Waals surface area (Å²) in [7, 11) is -1.43. The number of ether oxygens (including phenoxy) is 1. The Morgan fingerprint density at radius 3 is 2.58 bits per heavy atom. The second kappa shape index (κ2) is 12.1. The van der Waals surface area contributed by atoms with Crippen LogP contribution >= 0.6 is 0 Å². The Kier molecular flexibility index (Phi) is 9.53. The van der Waals surface area contributed by atoms with Crippen LogP contribution in [0.15, 0.2) is 71.3 Å². The van der Waals surface area contributed by atoms with Gasteiger partial charge in [-0.25, -0.2) is 4.21 Å². The maximum atomic E-state index is 12.5. The molecule has 0 spiro atoms. The summed E-state index contributed by atoms with van der Waals surface area (Å²) in [6.45, 7) is 8.26. The third-order valence-electron chi connectivity index (χ3n) is 4.47. The van der Waals surface area contributed by atoms with Crippen molar-refractivity contribution in [1.82, 2.24) is 4.72 Å². The van der Waals surface area contributed by atoms with Crippen molar-refractivity contribution in [2.75, 3.05) is 12.3 Å².